The number of nitrogens with one attached hydrogen (secondary N) is 1. The van der Waals surface area contributed by atoms with Crippen LogP contribution in [0.3, 0.4) is 0 Å². The second-order valence-electron chi connectivity index (χ2n) is 3.18. The van der Waals surface area contributed by atoms with E-state index >= 15 is 0 Å². The number of amides is 1. The average molecular weight is 219 g/mol. The normalized spacial score (nSPS) is 10.9. The maximum absolute atomic E-state index is 11.1. The van der Waals surface area contributed by atoms with Gasteiger partial charge in [0.1, 0.15) is 5.70 Å². The summed E-state index contributed by atoms with van der Waals surface area (Å²) in [7, 11) is 0. The Bertz CT molecular complexity index is 410. The van der Waals surface area contributed by atoms with E-state index in [-0.39, 0.29) is 18.0 Å². The molecule has 16 heavy (non-hydrogen) atoms. The molecule has 1 aromatic carbocycles. The van der Waals surface area contributed by atoms with Gasteiger partial charge in [-0.1, -0.05) is 37.3 Å². The topological polar surface area (TPSA) is 66.4 Å². The molecule has 0 saturated heterocycles. The maximum Gasteiger partial charge on any atom is 0.352 e. The molecule has 0 unspecified atom stereocenters. The van der Waals surface area contributed by atoms with Gasteiger partial charge in [-0.05, 0) is 11.6 Å². The van der Waals surface area contributed by atoms with Crippen LogP contribution in [0.15, 0.2) is 36.0 Å². The summed E-state index contributed by atoms with van der Waals surface area (Å²) in [6.07, 6.45) is 1.68. The van der Waals surface area contributed by atoms with Crippen LogP contribution in [-0.2, 0) is 9.59 Å². The highest BCUT2D eigenvalue weighted by Crippen LogP contribution is 2.05. The van der Waals surface area contributed by atoms with Crippen LogP contribution in [0.2, 0.25) is 0 Å². The Hall–Kier alpha value is -2.10. The third-order valence-corrected chi connectivity index (χ3v) is 1.94. The molecule has 4 nitrogen and oxygen atoms in total. The predicted octanol–water partition coefficient (Wildman–Crippen LogP) is 1.64. The summed E-state index contributed by atoms with van der Waals surface area (Å²) in [5.74, 6) is -1.46. The highest BCUT2D eigenvalue weighted by molar-refractivity contribution is 5.96. The number of hydrogen-bond acceptors (Lipinski definition) is 2. The van der Waals surface area contributed by atoms with Crippen molar-refractivity contribution in [2.75, 3.05) is 0 Å². The van der Waals surface area contributed by atoms with Crippen molar-refractivity contribution in [3.8, 4) is 0 Å². The molecular weight excluding hydrogens is 206 g/mol. The van der Waals surface area contributed by atoms with E-state index in [2.05, 4.69) is 5.32 Å². The number of rotatable bonds is 4. The van der Waals surface area contributed by atoms with Crippen LogP contribution in [0.1, 0.15) is 18.9 Å². The molecule has 0 bridgehead atoms. The molecule has 0 atom stereocenters. The van der Waals surface area contributed by atoms with E-state index in [9.17, 15) is 9.59 Å². The third kappa shape index (κ3) is 3.57. The number of carboxylic acids is 1. The van der Waals surface area contributed by atoms with Gasteiger partial charge in [-0.15, -0.1) is 0 Å². The second-order valence-corrected chi connectivity index (χ2v) is 3.18. The zero-order chi connectivity index (χ0) is 12.0. The minimum atomic E-state index is -1.15. The van der Waals surface area contributed by atoms with E-state index in [1.54, 1.807) is 31.2 Å². The van der Waals surface area contributed by atoms with Crippen molar-refractivity contribution in [1.29, 1.82) is 0 Å². The molecule has 84 valence electrons. The van der Waals surface area contributed by atoms with Crippen molar-refractivity contribution in [2.24, 2.45) is 0 Å². The van der Waals surface area contributed by atoms with Gasteiger partial charge in [0.15, 0.2) is 0 Å². The Morgan fingerprint density at radius 1 is 1.31 bits per heavy atom. The second kappa shape index (κ2) is 5.70. The maximum atomic E-state index is 11.1. The zero-order valence-electron chi connectivity index (χ0n) is 8.93. The van der Waals surface area contributed by atoms with E-state index in [1.165, 1.54) is 6.08 Å². The van der Waals surface area contributed by atoms with Crippen molar-refractivity contribution in [1.82, 2.24) is 5.32 Å². The number of hydrogen-bond donors (Lipinski definition) is 2. The van der Waals surface area contributed by atoms with Crippen LogP contribution >= 0.6 is 0 Å². The summed E-state index contributed by atoms with van der Waals surface area (Å²) in [5.41, 5.74) is 0.620. The molecule has 0 heterocycles. The molecule has 0 radical (unpaired) electrons. The van der Waals surface area contributed by atoms with Gasteiger partial charge in [0.05, 0.1) is 0 Å². The first-order valence-electron chi connectivity index (χ1n) is 4.93. The van der Waals surface area contributed by atoms with Gasteiger partial charge in [-0.3, -0.25) is 4.79 Å². The molecule has 0 spiro atoms. The lowest BCUT2D eigenvalue weighted by atomic mass is 10.2. The minimum absolute atomic E-state index is 0.113. The van der Waals surface area contributed by atoms with E-state index in [0.717, 1.165) is 5.56 Å². The Kier molecular flexibility index (Phi) is 4.27. The van der Waals surface area contributed by atoms with E-state index in [0.29, 0.717) is 0 Å². The molecule has 1 rings (SSSR count). The molecule has 1 amide bonds. The molecule has 4 heteroatoms. The fourth-order valence-electron chi connectivity index (χ4n) is 1.11. The van der Waals surface area contributed by atoms with Crippen LogP contribution in [0, 0.1) is 0 Å². The lowest BCUT2D eigenvalue weighted by Crippen LogP contribution is -2.26. The van der Waals surface area contributed by atoms with Crippen molar-refractivity contribution in [3.63, 3.8) is 0 Å². The van der Waals surface area contributed by atoms with Crippen LogP contribution in [-0.4, -0.2) is 17.0 Å². The first-order chi connectivity index (χ1) is 7.63. The molecule has 0 fully saturated rings. The fraction of sp³-hybridized carbons (Fsp3) is 0.167. The van der Waals surface area contributed by atoms with Gasteiger partial charge in [0.25, 0.3) is 0 Å². The van der Waals surface area contributed by atoms with Crippen molar-refractivity contribution >= 4 is 18.0 Å². The lowest BCUT2D eigenvalue weighted by molar-refractivity contribution is -0.134. The number of aliphatic carboxylic acids is 1. The summed E-state index contributed by atoms with van der Waals surface area (Å²) in [5, 5.41) is 11.2. The summed E-state index contributed by atoms with van der Waals surface area (Å²) in [4.78, 5) is 22.0. The molecule has 2 N–H and O–H groups in total. The predicted molar refractivity (Wildman–Crippen MR) is 60.5 cm³/mol. The molecule has 0 aromatic heterocycles. The SMILES string of the molecule is CCC(=O)NC(=Cc1ccccc1)C(=O)O. The first-order valence-corrected chi connectivity index (χ1v) is 4.93. The van der Waals surface area contributed by atoms with Gasteiger partial charge < -0.3 is 10.4 Å². The first kappa shape index (κ1) is 12.0. The Balaban J connectivity index is 2.90. The van der Waals surface area contributed by atoms with Gasteiger partial charge in [-0.2, -0.15) is 0 Å². The summed E-state index contributed by atoms with van der Waals surface area (Å²) < 4.78 is 0. The average Bonchev–Trinajstić information content (AvgIpc) is 2.29. The molecule has 0 aliphatic carbocycles. The molecule has 0 aliphatic rings. The van der Waals surface area contributed by atoms with E-state index in [1.807, 2.05) is 6.07 Å². The number of carboxylic acid groups (broad SMARTS) is 1. The standard InChI is InChI=1S/C12H13NO3/c1-2-11(14)13-10(12(15)16)8-9-6-4-3-5-7-9/h3-8H,2H2,1H3,(H,13,14)(H,15,16). The van der Waals surface area contributed by atoms with Crippen molar-refractivity contribution < 1.29 is 14.7 Å². The van der Waals surface area contributed by atoms with Crippen molar-refractivity contribution in [3.05, 3.63) is 41.6 Å². The Morgan fingerprint density at radius 2 is 1.94 bits per heavy atom. The highest BCUT2D eigenvalue weighted by Gasteiger charge is 2.09. The van der Waals surface area contributed by atoms with E-state index < -0.39 is 5.97 Å². The van der Waals surface area contributed by atoms with Crippen LogP contribution in [0.5, 0.6) is 0 Å². The largest absolute Gasteiger partial charge is 0.477 e. The summed E-state index contributed by atoms with van der Waals surface area (Å²) in [6, 6.07) is 8.96. The molecule has 0 aliphatic heterocycles. The minimum Gasteiger partial charge on any atom is -0.477 e. The summed E-state index contributed by atoms with van der Waals surface area (Å²) in [6.45, 7) is 1.66. The molecule has 0 saturated carbocycles. The van der Waals surface area contributed by atoms with Crippen LogP contribution < -0.4 is 5.32 Å². The fourth-order valence-corrected chi connectivity index (χ4v) is 1.11. The number of carbonyl (C=O) groups excluding carboxylic acids is 1. The van der Waals surface area contributed by atoms with Crippen molar-refractivity contribution in [2.45, 2.75) is 13.3 Å². The number of benzene rings is 1. The van der Waals surface area contributed by atoms with Gasteiger partial charge >= 0.3 is 5.97 Å². The summed E-state index contributed by atoms with van der Waals surface area (Å²) >= 11 is 0. The Morgan fingerprint density at radius 3 is 2.44 bits per heavy atom. The van der Waals surface area contributed by atoms with Crippen LogP contribution in [0.25, 0.3) is 6.08 Å². The quantitative estimate of drug-likeness (QED) is 0.756. The molecule has 1 aromatic rings. The lowest BCUT2D eigenvalue weighted by Gasteiger charge is -2.04. The van der Waals surface area contributed by atoms with E-state index in [4.69, 9.17) is 5.11 Å². The highest BCUT2D eigenvalue weighted by atomic mass is 16.4. The smallest absolute Gasteiger partial charge is 0.352 e. The third-order valence-electron chi connectivity index (χ3n) is 1.94. The van der Waals surface area contributed by atoms with Gasteiger partial charge in [-0.25, -0.2) is 4.79 Å². The Labute approximate surface area is 93.6 Å². The van der Waals surface area contributed by atoms with Gasteiger partial charge in [0.2, 0.25) is 5.91 Å². The zero-order valence-corrected chi connectivity index (χ0v) is 8.93. The van der Waals surface area contributed by atoms with Crippen LogP contribution in [0.4, 0.5) is 0 Å². The van der Waals surface area contributed by atoms with Gasteiger partial charge in [0, 0.05) is 6.42 Å². The monoisotopic (exact) mass is 219 g/mol. The number of carbonyl (C=O) groups is 2. The molecular formula is C12H13NO3.